The lowest BCUT2D eigenvalue weighted by molar-refractivity contribution is -0.117. The molecule has 1 rings (SSSR count). The third-order valence-electron chi connectivity index (χ3n) is 2.11. The molecule has 3 N–H and O–H groups in total. The van der Waals surface area contributed by atoms with Crippen LogP contribution in [0.25, 0.3) is 0 Å². The molecule has 0 fully saturated rings. The molecule has 1 aromatic rings. The van der Waals surface area contributed by atoms with E-state index in [1.54, 1.807) is 6.92 Å². The maximum absolute atomic E-state index is 10.8. The number of hydrogen-bond acceptors (Lipinski definition) is 3. The summed E-state index contributed by atoms with van der Waals surface area (Å²) in [6, 6.07) is 7.66. The predicted octanol–water partition coefficient (Wildman–Crippen LogP) is 1.29. The Morgan fingerprint density at radius 2 is 1.93 bits per heavy atom. The van der Waals surface area contributed by atoms with Gasteiger partial charge in [-0.05, 0) is 18.1 Å². The molecule has 1 aromatic carbocycles. The Morgan fingerprint density at radius 3 is 2.40 bits per heavy atom. The van der Waals surface area contributed by atoms with Crippen LogP contribution in [0.4, 0.5) is 0 Å². The van der Waals surface area contributed by atoms with Crippen molar-refractivity contribution in [2.75, 3.05) is 0 Å². The van der Waals surface area contributed by atoms with Crippen LogP contribution < -0.4 is 5.73 Å². The SMILES string of the molecule is CC(SCc1ccc(CO)cc1)C(N)=O. The molecule has 0 saturated heterocycles. The van der Waals surface area contributed by atoms with Crippen LogP contribution in [0.1, 0.15) is 18.1 Å². The summed E-state index contributed by atoms with van der Waals surface area (Å²) < 4.78 is 0. The second-order valence-electron chi connectivity index (χ2n) is 3.33. The van der Waals surface area contributed by atoms with Gasteiger partial charge in [-0.15, -0.1) is 11.8 Å². The first kappa shape index (κ1) is 12.1. The van der Waals surface area contributed by atoms with Crippen molar-refractivity contribution < 1.29 is 9.90 Å². The molecule has 0 spiro atoms. The van der Waals surface area contributed by atoms with E-state index >= 15 is 0 Å². The van der Waals surface area contributed by atoms with Gasteiger partial charge in [0.05, 0.1) is 11.9 Å². The van der Waals surface area contributed by atoms with E-state index in [0.717, 1.165) is 16.9 Å². The highest BCUT2D eigenvalue weighted by molar-refractivity contribution is 7.99. The Balaban J connectivity index is 2.47. The number of primary amides is 1. The fraction of sp³-hybridized carbons (Fsp3) is 0.364. The van der Waals surface area contributed by atoms with Crippen molar-refractivity contribution in [1.82, 2.24) is 0 Å². The van der Waals surface area contributed by atoms with Crippen LogP contribution in [0.5, 0.6) is 0 Å². The molecule has 0 aliphatic carbocycles. The van der Waals surface area contributed by atoms with E-state index in [1.807, 2.05) is 24.3 Å². The molecule has 0 bridgehead atoms. The number of aliphatic hydroxyl groups excluding tert-OH is 1. The van der Waals surface area contributed by atoms with Gasteiger partial charge in [0.25, 0.3) is 0 Å². The Bertz CT molecular complexity index is 324. The zero-order valence-electron chi connectivity index (χ0n) is 8.64. The molecule has 0 aromatic heterocycles. The summed E-state index contributed by atoms with van der Waals surface area (Å²) >= 11 is 1.51. The fourth-order valence-corrected chi connectivity index (χ4v) is 1.84. The van der Waals surface area contributed by atoms with E-state index in [0.29, 0.717) is 0 Å². The monoisotopic (exact) mass is 225 g/mol. The largest absolute Gasteiger partial charge is 0.392 e. The molecule has 0 saturated carbocycles. The van der Waals surface area contributed by atoms with Gasteiger partial charge in [-0.3, -0.25) is 4.79 Å². The van der Waals surface area contributed by atoms with E-state index in [1.165, 1.54) is 11.8 Å². The number of carbonyl (C=O) groups excluding carboxylic acids is 1. The summed E-state index contributed by atoms with van der Waals surface area (Å²) in [5.41, 5.74) is 7.18. The van der Waals surface area contributed by atoms with Crippen molar-refractivity contribution in [2.45, 2.75) is 24.5 Å². The predicted molar refractivity (Wildman–Crippen MR) is 62.3 cm³/mol. The maximum atomic E-state index is 10.8. The van der Waals surface area contributed by atoms with Gasteiger partial charge in [0, 0.05) is 5.75 Å². The molecule has 0 aliphatic rings. The van der Waals surface area contributed by atoms with E-state index in [9.17, 15) is 4.79 Å². The lowest BCUT2D eigenvalue weighted by atomic mass is 10.2. The van der Waals surface area contributed by atoms with Crippen LogP contribution in [0, 0.1) is 0 Å². The molecule has 0 radical (unpaired) electrons. The van der Waals surface area contributed by atoms with Gasteiger partial charge in [-0.25, -0.2) is 0 Å². The first-order chi connectivity index (χ1) is 7.13. The van der Waals surface area contributed by atoms with Crippen molar-refractivity contribution >= 4 is 17.7 Å². The van der Waals surface area contributed by atoms with E-state index in [2.05, 4.69) is 0 Å². The maximum Gasteiger partial charge on any atom is 0.230 e. The van der Waals surface area contributed by atoms with Gasteiger partial charge in [-0.2, -0.15) is 0 Å². The van der Waals surface area contributed by atoms with Crippen LogP contribution >= 0.6 is 11.8 Å². The van der Waals surface area contributed by atoms with E-state index in [4.69, 9.17) is 10.8 Å². The molecule has 1 unspecified atom stereocenters. The minimum absolute atomic E-state index is 0.0606. The molecule has 1 amide bonds. The van der Waals surface area contributed by atoms with Crippen molar-refractivity contribution in [3.63, 3.8) is 0 Å². The van der Waals surface area contributed by atoms with Crippen molar-refractivity contribution in [3.8, 4) is 0 Å². The molecule has 15 heavy (non-hydrogen) atoms. The molecular formula is C11H15NO2S. The topological polar surface area (TPSA) is 63.3 Å². The summed E-state index contributed by atoms with van der Waals surface area (Å²) in [5.74, 6) is 0.475. The standard InChI is InChI=1S/C11H15NO2S/c1-8(11(12)14)15-7-10-4-2-9(6-13)3-5-10/h2-5,8,13H,6-7H2,1H3,(H2,12,14). The lowest BCUT2D eigenvalue weighted by Gasteiger charge is -2.07. The van der Waals surface area contributed by atoms with Gasteiger partial charge in [0.2, 0.25) is 5.91 Å². The van der Waals surface area contributed by atoms with Crippen LogP contribution in [0.3, 0.4) is 0 Å². The van der Waals surface area contributed by atoms with Crippen LogP contribution in [0.15, 0.2) is 24.3 Å². The summed E-state index contributed by atoms with van der Waals surface area (Å²) in [7, 11) is 0. The van der Waals surface area contributed by atoms with Gasteiger partial charge < -0.3 is 10.8 Å². The summed E-state index contributed by atoms with van der Waals surface area (Å²) in [6.07, 6.45) is 0. The highest BCUT2D eigenvalue weighted by Gasteiger charge is 2.08. The van der Waals surface area contributed by atoms with E-state index in [-0.39, 0.29) is 17.8 Å². The third-order valence-corrected chi connectivity index (χ3v) is 3.34. The highest BCUT2D eigenvalue weighted by atomic mass is 32.2. The summed E-state index contributed by atoms with van der Waals surface area (Å²) in [4.78, 5) is 10.8. The van der Waals surface area contributed by atoms with Crippen LogP contribution in [0.2, 0.25) is 0 Å². The van der Waals surface area contributed by atoms with Gasteiger partial charge in [-0.1, -0.05) is 24.3 Å². The second kappa shape index (κ2) is 5.78. The molecular weight excluding hydrogens is 210 g/mol. The van der Waals surface area contributed by atoms with Gasteiger partial charge in [0.1, 0.15) is 0 Å². The first-order valence-corrected chi connectivity index (χ1v) is 5.78. The number of hydrogen-bond donors (Lipinski definition) is 2. The Kier molecular flexibility index (Phi) is 4.65. The number of thioether (sulfide) groups is 1. The second-order valence-corrected chi connectivity index (χ2v) is 4.66. The minimum Gasteiger partial charge on any atom is -0.392 e. The van der Waals surface area contributed by atoms with Gasteiger partial charge in [0.15, 0.2) is 0 Å². The van der Waals surface area contributed by atoms with Crippen molar-refractivity contribution in [1.29, 1.82) is 0 Å². The highest BCUT2D eigenvalue weighted by Crippen LogP contribution is 2.17. The minimum atomic E-state index is -0.285. The lowest BCUT2D eigenvalue weighted by Crippen LogP contribution is -2.22. The van der Waals surface area contributed by atoms with Gasteiger partial charge >= 0.3 is 0 Å². The molecule has 1 atom stereocenters. The normalized spacial score (nSPS) is 12.4. The number of benzene rings is 1. The summed E-state index contributed by atoms with van der Waals surface area (Å²) in [6.45, 7) is 1.86. The van der Waals surface area contributed by atoms with E-state index < -0.39 is 0 Å². The average Bonchev–Trinajstić information content (AvgIpc) is 2.26. The quantitative estimate of drug-likeness (QED) is 0.793. The molecule has 82 valence electrons. The van der Waals surface area contributed by atoms with Crippen LogP contribution in [-0.2, 0) is 17.2 Å². The molecule has 0 heterocycles. The van der Waals surface area contributed by atoms with Crippen molar-refractivity contribution in [2.24, 2.45) is 5.73 Å². The summed E-state index contributed by atoms with van der Waals surface area (Å²) in [5, 5.41) is 8.69. The number of nitrogens with two attached hydrogens (primary N) is 1. The zero-order chi connectivity index (χ0) is 11.3. The number of amides is 1. The Hall–Kier alpha value is -1.00. The third kappa shape index (κ3) is 3.93. The average molecular weight is 225 g/mol. The number of rotatable bonds is 5. The molecule has 4 heteroatoms. The van der Waals surface area contributed by atoms with Crippen LogP contribution in [-0.4, -0.2) is 16.3 Å². The van der Waals surface area contributed by atoms with Crippen molar-refractivity contribution in [3.05, 3.63) is 35.4 Å². The Morgan fingerprint density at radius 1 is 1.40 bits per heavy atom. The number of carbonyl (C=O) groups is 1. The fourth-order valence-electron chi connectivity index (χ4n) is 1.04. The molecule has 0 aliphatic heterocycles. The molecule has 3 nitrogen and oxygen atoms in total. The Labute approximate surface area is 93.7 Å². The first-order valence-electron chi connectivity index (χ1n) is 4.73. The smallest absolute Gasteiger partial charge is 0.230 e. The zero-order valence-corrected chi connectivity index (χ0v) is 9.46. The number of aliphatic hydroxyl groups is 1.